The van der Waals surface area contributed by atoms with Gasteiger partial charge < -0.3 is 5.11 Å². The molecule has 4 aliphatic carbocycles. The maximum absolute atomic E-state index is 10.3. The van der Waals surface area contributed by atoms with Gasteiger partial charge in [-0.2, -0.15) is 0 Å². The van der Waals surface area contributed by atoms with E-state index in [2.05, 4.69) is 26.8 Å². The Bertz CT molecular complexity index is 506. The highest BCUT2D eigenvalue weighted by atomic mass is 16.3. The highest BCUT2D eigenvalue weighted by Crippen LogP contribution is 2.66. The van der Waals surface area contributed by atoms with Crippen molar-refractivity contribution >= 4 is 0 Å². The molecule has 3 saturated carbocycles. The van der Waals surface area contributed by atoms with Crippen molar-refractivity contribution in [3.05, 3.63) is 11.6 Å². The van der Waals surface area contributed by atoms with E-state index in [1.165, 1.54) is 51.4 Å². The number of aliphatic hydroxyl groups is 1. The Morgan fingerprint density at radius 3 is 2.61 bits per heavy atom. The molecule has 0 bridgehead atoms. The molecule has 1 nitrogen and oxygen atoms in total. The van der Waals surface area contributed by atoms with Gasteiger partial charge in [0.15, 0.2) is 0 Å². The van der Waals surface area contributed by atoms with Crippen LogP contribution >= 0.6 is 0 Å². The number of allylic oxidation sites excluding steroid dienone is 2. The van der Waals surface area contributed by atoms with Crippen LogP contribution in [0.15, 0.2) is 11.6 Å². The van der Waals surface area contributed by atoms with E-state index < -0.39 is 0 Å². The predicted octanol–water partition coefficient (Wildman–Crippen LogP) is 5.58. The van der Waals surface area contributed by atoms with Crippen LogP contribution in [0, 0.1) is 40.4 Å². The van der Waals surface area contributed by atoms with Crippen molar-refractivity contribution in [1.29, 1.82) is 0 Å². The Morgan fingerprint density at radius 2 is 1.87 bits per heavy atom. The summed E-state index contributed by atoms with van der Waals surface area (Å²) in [6.45, 7) is 9.59. The third kappa shape index (κ3) is 2.21. The maximum Gasteiger partial charge on any atom is 0.0545 e. The van der Waals surface area contributed by atoms with Gasteiger partial charge in [-0.05, 0) is 98.7 Å². The number of hydrogen-bond acceptors (Lipinski definition) is 1. The summed E-state index contributed by atoms with van der Waals surface area (Å²) in [6, 6.07) is 0. The quantitative estimate of drug-likeness (QED) is 0.626. The van der Waals surface area contributed by atoms with Crippen LogP contribution in [0.1, 0.15) is 79.1 Å². The van der Waals surface area contributed by atoms with Crippen LogP contribution in [0.25, 0.3) is 0 Å². The zero-order valence-electron chi connectivity index (χ0n) is 15.6. The molecule has 0 amide bonds. The first-order valence-corrected chi connectivity index (χ1v) is 10.2. The second-order valence-electron chi connectivity index (χ2n) is 10.1. The number of aliphatic hydroxyl groups excluding tert-OH is 1. The van der Waals surface area contributed by atoms with E-state index in [1.807, 2.05) is 12.5 Å². The lowest BCUT2D eigenvalue weighted by Gasteiger charge is -2.58. The van der Waals surface area contributed by atoms with Crippen LogP contribution in [0.2, 0.25) is 0 Å². The zero-order valence-corrected chi connectivity index (χ0v) is 15.6. The van der Waals surface area contributed by atoms with E-state index in [9.17, 15) is 5.11 Å². The second-order valence-corrected chi connectivity index (χ2v) is 10.1. The average Bonchev–Trinajstić information content (AvgIpc) is 2.85. The van der Waals surface area contributed by atoms with Gasteiger partial charge in [0, 0.05) is 0 Å². The van der Waals surface area contributed by atoms with Crippen molar-refractivity contribution in [3.8, 4) is 0 Å². The molecule has 0 saturated heterocycles. The van der Waals surface area contributed by atoms with Gasteiger partial charge in [0.05, 0.1) is 6.10 Å². The van der Waals surface area contributed by atoms with Crippen LogP contribution in [0.5, 0.6) is 0 Å². The van der Waals surface area contributed by atoms with E-state index in [4.69, 9.17) is 0 Å². The Kier molecular flexibility index (Phi) is 3.76. The van der Waals surface area contributed by atoms with Crippen molar-refractivity contribution in [2.24, 2.45) is 40.4 Å². The minimum absolute atomic E-state index is 0.123. The van der Waals surface area contributed by atoms with Crippen molar-refractivity contribution in [3.63, 3.8) is 0 Å². The molecule has 1 N–H and O–H groups in total. The normalized spacial score (nSPS) is 53.8. The van der Waals surface area contributed by atoms with Crippen molar-refractivity contribution in [2.75, 3.05) is 0 Å². The van der Waals surface area contributed by atoms with Crippen LogP contribution in [0.4, 0.5) is 0 Å². The van der Waals surface area contributed by atoms with Crippen molar-refractivity contribution in [2.45, 2.75) is 85.2 Å². The van der Waals surface area contributed by atoms with Crippen LogP contribution in [0.3, 0.4) is 0 Å². The highest BCUT2D eigenvalue weighted by Gasteiger charge is 2.58. The molecular formula is C22H36O. The number of rotatable bonds is 1. The molecule has 0 aromatic rings. The van der Waals surface area contributed by atoms with Crippen molar-refractivity contribution in [1.82, 2.24) is 0 Å². The first kappa shape index (κ1) is 16.2. The van der Waals surface area contributed by atoms with Gasteiger partial charge in [0.1, 0.15) is 0 Å². The molecule has 0 aromatic heterocycles. The van der Waals surface area contributed by atoms with Gasteiger partial charge in [0.25, 0.3) is 0 Å². The largest absolute Gasteiger partial charge is 0.393 e. The third-order valence-electron chi connectivity index (χ3n) is 9.01. The summed E-state index contributed by atoms with van der Waals surface area (Å²) in [5, 5.41) is 10.3. The fourth-order valence-electron chi connectivity index (χ4n) is 7.68. The molecular weight excluding hydrogens is 280 g/mol. The van der Waals surface area contributed by atoms with Crippen molar-refractivity contribution < 1.29 is 5.11 Å². The lowest BCUT2D eigenvalue weighted by atomic mass is 9.47. The molecule has 23 heavy (non-hydrogen) atoms. The molecule has 7 unspecified atom stereocenters. The van der Waals surface area contributed by atoms with Crippen LogP contribution in [-0.4, -0.2) is 11.2 Å². The smallest absolute Gasteiger partial charge is 0.0545 e. The van der Waals surface area contributed by atoms with Gasteiger partial charge in [-0.15, -0.1) is 0 Å². The minimum Gasteiger partial charge on any atom is -0.393 e. The molecule has 3 fully saturated rings. The molecule has 4 aliphatic rings. The van der Waals surface area contributed by atoms with Gasteiger partial charge in [-0.1, -0.05) is 32.4 Å². The van der Waals surface area contributed by atoms with Crippen LogP contribution in [-0.2, 0) is 0 Å². The predicted molar refractivity (Wildman–Crippen MR) is 96.0 cm³/mol. The van der Waals surface area contributed by atoms with E-state index in [0.717, 1.165) is 23.7 Å². The van der Waals surface area contributed by atoms with E-state index >= 15 is 0 Å². The van der Waals surface area contributed by atoms with E-state index in [-0.39, 0.29) is 6.10 Å². The fourth-order valence-corrected chi connectivity index (χ4v) is 7.68. The van der Waals surface area contributed by atoms with E-state index in [1.54, 1.807) is 0 Å². The van der Waals surface area contributed by atoms with Gasteiger partial charge in [-0.3, -0.25) is 0 Å². The second kappa shape index (κ2) is 5.35. The third-order valence-corrected chi connectivity index (χ3v) is 9.01. The fraction of sp³-hybridized carbons (Fsp3) is 0.909. The summed E-state index contributed by atoms with van der Waals surface area (Å²) in [4.78, 5) is 0. The van der Waals surface area contributed by atoms with Gasteiger partial charge in [-0.25, -0.2) is 0 Å². The Hall–Kier alpha value is -0.300. The molecule has 0 aliphatic heterocycles. The summed E-state index contributed by atoms with van der Waals surface area (Å²) in [6.07, 6.45) is 13.5. The number of fused-ring (bicyclic) bond motifs is 5. The summed E-state index contributed by atoms with van der Waals surface area (Å²) in [7, 11) is 0. The zero-order chi connectivity index (χ0) is 16.4. The molecule has 130 valence electrons. The Morgan fingerprint density at radius 1 is 1.09 bits per heavy atom. The Labute approximate surface area is 142 Å². The molecule has 4 rings (SSSR count). The minimum atomic E-state index is -0.123. The van der Waals surface area contributed by atoms with E-state index in [0.29, 0.717) is 16.7 Å². The average molecular weight is 317 g/mol. The first-order chi connectivity index (χ1) is 10.9. The molecule has 1 heteroatoms. The van der Waals surface area contributed by atoms with Gasteiger partial charge in [0.2, 0.25) is 0 Å². The number of hydrogen-bond donors (Lipinski definition) is 1. The molecule has 0 aromatic carbocycles. The molecule has 0 radical (unpaired) electrons. The standard InChI is InChI=1S/C22H36O/c1-14-9-11-21(3)16(13-14)5-6-17-19-8-7-18(15(2)23)22(19,4)12-10-20(17)21/h5,14-15,17-20,23H,6-13H2,1-4H3/t14?,15-,17?,18?,19?,20?,21?,22?/m0/s1. The first-order valence-electron chi connectivity index (χ1n) is 10.2. The Balaban J connectivity index is 1.65. The topological polar surface area (TPSA) is 20.2 Å². The maximum atomic E-state index is 10.3. The van der Waals surface area contributed by atoms with Gasteiger partial charge >= 0.3 is 0 Å². The molecule has 8 atom stereocenters. The summed E-state index contributed by atoms with van der Waals surface area (Å²) < 4.78 is 0. The molecule has 0 heterocycles. The molecule has 0 spiro atoms. The lowest BCUT2D eigenvalue weighted by molar-refractivity contribution is -0.0637. The summed E-state index contributed by atoms with van der Waals surface area (Å²) in [5.74, 6) is 4.10. The summed E-state index contributed by atoms with van der Waals surface area (Å²) >= 11 is 0. The van der Waals surface area contributed by atoms with Crippen LogP contribution < -0.4 is 0 Å². The summed E-state index contributed by atoms with van der Waals surface area (Å²) in [5.41, 5.74) is 2.71. The lowest BCUT2D eigenvalue weighted by Crippen LogP contribution is -2.50. The SMILES string of the molecule is CC1CCC2(C)C(=CCC3C2CCC2(C)C3CCC2[C@H](C)O)C1. The highest BCUT2D eigenvalue weighted by molar-refractivity contribution is 5.25. The monoisotopic (exact) mass is 316 g/mol.